The number of carbonyl (C=O) groups is 1. The van der Waals surface area contributed by atoms with E-state index in [9.17, 15) is 9.90 Å². The normalized spacial score (nSPS) is 18.0. The highest BCUT2D eigenvalue weighted by Crippen LogP contribution is 2.43. The van der Waals surface area contributed by atoms with Crippen LogP contribution in [0, 0.1) is 0 Å². The molecule has 1 atom stereocenters. The molecule has 90 valence electrons. The molecule has 18 heavy (non-hydrogen) atoms. The van der Waals surface area contributed by atoms with Crippen molar-refractivity contribution < 1.29 is 14.6 Å². The number of aromatic hydroxyl groups is 1. The second kappa shape index (κ2) is 4.14. The Hall–Kier alpha value is -2.36. The Kier molecular flexibility index (Phi) is 2.48. The van der Waals surface area contributed by atoms with Gasteiger partial charge in [0.15, 0.2) is 0 Å². The molecule has 0 bridgehead atoms. The summed E-state index contributed by atoms with van der Waals surface area (Å²) in [6.45, 7) is 0. The molecule has 1 aliphatic heterocycles. The van der Waals surface area contributed by atoms with Crippen molar-refractivity contribution in [2.45, 2.75) is 12.3 Å². The van der Waals surface area contributed by atoms with Gasteiger partial charge in [0.25, 0.3) is 0 Å². The maximum atomic E-state index is 11.6. The predicted octanol–water partition coefficient (Wildman–Crippen LogP) is 2.23. The number of hydrogen-bond donors (Lipinski definition) is 1. The van der Waals surface area contributed by atoms with Crippen LogP contribution in [0.5, 0.6) is 11.5 Å². The van der Waals surface area contributed by atoms with Gasteiger partial charge in [0.05, 0.1) is 6.42 Å². The molecule has 1 aliphatic rings. The third-order valence-electron chi connectivity index (χ3n) is 3.09. The van der Waals surface area contributed by atoms with Crippen LogP contribution >= 0.6 is 0 Å². The lowest BCUT2D eigenvalue weighted by molar-refractivity contribution is -0.135. The van der Waals surface area contributed by atoms with Crippen LogP contribution in [-0.4, -0.2) is 16.1 Å². The van der Waals surface area contributed by atoms with Gasteiger partial charge in [-0.05, 0) is 29.8 Å². The number of esters is 1. The van der Waals surface area contributed by atoms with E-state index in [0.29, 0.717) is 11.3 Å². The number of hydrogen-bond acceptors (Lipinski definition) is 4. The second-order valence-corrected chi connectivity index (χ2v) is 4.20. The summed E-state index contributed by atoms with van der Waals surface area (Å²) < 4.78 is 5.15. The van der Waals surface area contributed by atoms with Crippen LogP contribution in [0.2, 0.25) is 0 Å². The summed E-state index contributed by atoms with van der Waals surface area (Å²) in [5.74, 6) is 0.134. The summed E-state index contributed by atoms with van der Waals surface area (Å²) in [5.41, 5.74) is 1.62. The third-order valence-corrected chi connectivity index (χ3v) is 3.09. The number of ether oxygens (including phenoxy) is 1. The Morgan fingerprint density at radius 1 is 1.22 bits per heavy atom. The minimum atomic E-state index is -0.282. The van der Waals surface area contributed by atoms with Crippen molar-refractivity contribution in [3.63, 3.8) is 0 Å². The predicted molar refractivity (Wildman–Crippen MR) is 64.4 cm³/mol. The number of pyridine rings is 1. The highest BCUT2D eigenvalue weighted by Gasteiger charge is 2.30. The molecule has 2 heterocycles. The van der Waals surface area contributed by atoms with Crippen LogP contribution in [0.1, 0.15) is 23.5 Å². The van der Waals surface area contributed by atoms with E-state index in [-0.39, 0.29) is 24.1 Å². The van der Waals surface area contributed by atoms with Crippen LogP contribution in [-0.2, 0) is 4.79 Å². The quantitative estimate of drug-likeness (QED) is 0.614. The fraction of sp³-hybridized carbons (Fsp3) is 0.143. The Balaban J connectivity index is 2.15. The Labute approximate surface area is 104 Å². The molecule has 1 aromatic heterocycles. The van der Waals surface area contributed by atoms with Crippen molar-refractivity contribution in [2.75, 3.05) is 0 Å². The zero-order chi connectivity index (χ0) is 12.5. The van der Waals surface area contributed by atoms with Gasteiger partial charge < -0.3 is 9.84 Å². The lowest BCUT2D eigenvalue weighted by Crippen LogP contribution is -2.21. The van der Waals surface area contributed by atoms with E-state index in [1.807, 2.05) is 12.1 Å². The minimum absolute atomic E-state index is 0.154. The molecule has 0 amide bonds. The average Bonchev–Trinajstić information content (AvgIpc) is 2.39. The summed E-state index contributed by atoms with van der Waals surface area (Å²) in [5, 5.41) is 9.97. The Morgan fingerprint density at radius 2 is 2.00 bits per heavy atom. The molecule has 0 saturated carbocycles. The first-order valence-electron chi connectivity index (χ1n) is 5.68. The first-order chi connectivity index (χ1) is 8.75. The van der Waals surface area contributed by atoms with Crippen LogP contribution in [0.3, 0.4) is 0 Å². The molecule has 2 aromatic rings. The molecule has 4 nitrogen and oxygen atoms in total. The lowest BCUT2D eigenvalue weighted by atomic mass is 9.86. The number of nitrogens with zero attached hydrogens (tertiary/aromatic N) is 1. The number of phenols is 1. The fourth-order valence-corrected chi connectivity index (χ4v) is 2.28. The molecule has 0 radical (unpaired) electrons. The number of benzene rings is 1. The molecule has 3 rings (SSSR count). The number of aromatic nitrogens is 1. The first kappa shape index (κ1) is 10.8. The van der Waals surface area contributed by atoms with Crippen LogP contribution < -0.4 is 4.74 Å². The molecule has 1 aromatic carbocycles. The SMILES string of the molecule is O=C1C[C@H](c2ccncc2)c2c(O)cccc2O1. The number of carbonyl (C=O) groups excluding carboxylic acids is 1. The highest BCUT2D eigenvalue weighted by molar-refractivity contribution is 5.78. The summed E-state index contributed by atoms with van der Waals surface area (Å²) in [6.07, 6.45) is 3.58. The van der Waals surface area contributed by atoms with Gasteiger partial charge in [-0.25, -0.2) is 0 Å². The maximum absolute atomic E-state index is 11.6. The third kappa shape index (κ3) is 1.72. The standard InChI is InChI=1S/C14H11NO3/c16-11-2-1-3-12-14(11)10(8-13(17)18-12)9-4-6-15-7-5-9/h1-7,10,16H,8H2/t10-/m1/s1. The van der Waals surface area contributed by atoms with Gasteiger partial charge in [-0.1, -0.05) is 6.07 Å². The van der Waals surface area contributed by atoms with Crippen LogP contribution in [0.25, 0.3) is 0 Å². The van der Waals surface area contributed by atoms with Crippen molar-refractivity contribution in [3.8, 4) is 11.5 Å². The van der Waals surface area contributed by atoms with Crippen molar-refractivity contribution in [2.24, 2.45) is 0 Å². The van der Waals surface area contributed by atoms with E-state index >= 15 is 0 Å². The van der Waals surface area contributed by atoms with Gasteiger partial charge in [-0.3, -0.25) is 9.78 Å². The molecule has 0 fully saturated rings. The van der Waals surface area contributed by atoms with Gasteiger partial charge in [-0.2, -0.15) is 0 Å². The van der Waals surface area contributed by atoms with E-state index < -0.39 is 0 Å². The molecule has 1 N–H and O–H groups in total. The van der Waals surface area contributed by atoms with E-state index in [4.69, 9.17) is 4.74 Å². The maximum Gasteiger partial charge on any atom is 0.312 e. The number of phenolic OH excluding ortho intramolecular Hbond substituents is 1. The first-order valence-corrected chi connectivity index (χ1v) is 5.68. The zero-order valence-corrected chi connectivity index (χ0v) is 9.54. The monoisotopic (exact) mass is 241 g/mol. The van der Waals surface area contributed by atoms with Gasteiger partial charge in [0, 0.05) is 23.9 Å². The van der Waals surface area contributed by atoms with Crippen LogP contribution in [0.15, 0.2) is 42.7 Å². The minimum Gasteiger partial charge on any atom is -0.508 e. The Bertz CT molecular complexity index is 595. The second-order valence-electron chi connectivity index (χ2n) is 4.20. The van der Waals surface area contributed by atoms with Crippen molar-refractivity contribution >= 4 is 5.97 Å². The smallest absolute Gasteiger partial charge is 0.312 e. The molecule has 0 unspecified atom stereocenters. The molecule has 0 spiro atoms. The summed E-state index contributed by atoms with van der Waals surface area (Å²) in [7, 11) is 0. The van der Waals surface area contributed by atoms with Crippen molar-refractivity contribution in [3.05, 3.63) is 53.9 Å². The topological polar surface area (TPSA) is 59.4 Å². The summed E-state index contributed by atoms with van der Waals surface area (Å²) >= 11 is 0. The van der Waals surface area contributed by atoms with Crippen LogP contribution in [0.4, 0.5) is 0 Å². The average molecular weight is 241 g/mol. The molecule has 0 saturated heterocycles. The largest absolute Gasteiger partial charge is 0.508 e. The summed E-state index contributed by atoms with van der Waals surface area (Å²) in [6, 6.07) is 8.65. The van der Waals surface area contributed by atoms with Gasteiger partial charge in [0.1, 0.15) is 11.5 Å². The number of fused-ring (bicyclic) bond motifs is 1. The van der Waals surface area contributed by atoms with E-state index in [1.54, 1.807) is 30.6 Å². The van der Waals surface area contributed by atoms with E-state index in [1.165, 1.54) is 0 Å². The van der Waals surface area contributed by atoms with E-state index in [2.05, 4.69) is 4.98 Å². The van der Waals surface area contributed by atoms with Gasteiger partial charge in [0.2, 0.25) is 0 Å². The summed E-state index contributed by atoms with van der Waals surface area (Å²) in [4.78, 5) is 15.6. The molecular formula is C14H11NO3. The van der Waals surface area contributed by atoms with E-state index in [0.717, 1.165) is 5.56 Å². The van der Waals surface area contributed by atoms with Crippen molar-refractivity contribution in [1.82, 2.24) is 4.98 Å². The van der Waals surface area contributed by atoms with Crippen molar-refractivity contribution in [1.29, 1.82) is 0 Å². The fourth-order valence-electron chi connectivity index (χ4n) is 2.28. The molecule has 4 heteroatoms. The molecule has 0 aliphatic carbocycles. The van der Waals surface area contributed by atoms with Gasteiger partial charge in [-0.15, -0.1) is 0 Å². The number of rotatable bonds is 1. The lowest BCUT2D eigenvalue weighted by Gasteiger charge is -2.25. The Morgan fingerprint density at radius 3 is 2.78 bits per heavy atom. The highest BCUT2D eigenvalue weighted by atomic mass is 16.5. The van der Waals surface area contributed by atoms with Gasteiger partial charge >= 0.3 is 5.97 Å². The molecular weight excluding hydrogens is 230 g/mol. The zero-order valence-electron chi connectivity index (χ0n) is 9.54.